The van der Waals surface area contributed by atoms with E-state index in [1.807, 2.05) is 0 Å². The summed E-state index contributed by atoms with van der Waals surface area (Å²) >= 11 is 0. The Balaban J connectivity index is 2.35. The molecule has 0 aromatic heterocycles. The lowest BCUT2D eigenvalue weighted by Gasteiger charge is -2.03. The third-order valence-corrected chi connectivity index (χ3v) is 1.69. The van der Waals surface area contributed by atoms with Gasteiger partial charge in [0.15, 0.2) is 0 Å². The summed E-state index contributed by atoms with van der Waals surface area (Å²) in [5.74, 6) is -2.36. The monoisotopic (exact) mass is 198 g/mol. The Morgan fingerprint density at radius 3 is 2.86 bits per heavy atom. The summed E-state index contributed by atoms with van der Waals surface area (Å²) < 4.78 is 8.99. The van der Waals surface area contributed by atoms with Crippen molar-refractivity contribution >= 4 is 17.9 Å². The number of allylic oxidation sites excluding steroid dienone is 1. The van der Waals surface area contributed by atoms with Crippen LogP contribution in [0.15, 0.2) is 12.2 Å². The topological polar surface area (TPSA) is 69.7 Å². The third-order valence-electron chi connectivity index (χ3n) is 1.69. The average molecular weight is 198 g/mol. The van der Waals surface area contributed by atoms with Crippen molar-refractivity contribution in [2.24, 2.45) is 5.92 Å². The first-order chi connectivity index (χ1) is 6.63. The number of carbonyl (C=O) groups is 3. The van der Waals surface area contributed by atoms with Crippen molar-refractivity contribution in [3.63, 3.8) is 0 Å². The van der Waals surface area contributed by atoms with Crippen LogP contribution in [0.25, 0.3) is 0 Å². The van der Waals surface area contributed by atoms with Crippen molar-refractivity contribution in [2.75, 3.05) is 6.61 Å². The molecule has 0 aromatic carbocycles. The lowest BCUT2D eigenvalue weighted by molar-refractivity contribution is -0.153. The normalized spacial score (nSPS) is 21.4. The van der Waals surface area contributed by atoms with Gasteiger partial charge in [0.1, 0.15) is 12.5 Å². The van der Waals surface area contributed by atoms with Gasteiger partial charge in [-0.1, -0.05) is 6.08 Å². The van der Waals surface area contributed by atoms with E-state index in [9.17, 15) is 14.4 Å². The lowest BCUT2D eigenvalue weighted by atomic mass is 10.1. The Labute approximate surface area is 80.7 Å². The molecule has 1 heterocycles. The molecule has 1 rings (SSSR count). The van der Waals surface area contributed by atoms with Crippen LogP contribution in [0.3, 0.4) is 0 Å². The fraction of sp³-hybridized carbons (Fsp3) is 0.444. The molecule has 0 aliphatic carbocycles. The highest BCUT2D eigenvalue weighted by Crippen LogP contribution is 2.15. The van der Waals surface area contributed by atoms with Crippen LogP contribution >= 0.6 is 0 Å². The van der Waals surface area contributed by atoms with Gasteiger partial charge in [-0.3, -0.25) is 9.59 Å². The van der Waals surface area contributed by atoms with Crippen molar-refractivity contribution in [2.45, 2.75) is 13.3 Å². The molecule has 0 saturated carbocycles. The minimum Gasteiger partial charge on any atom is -0.462 e. The standard InChI is InChI=1S/C9H10O5/c1-2-3-7(10)13-5-6-4-8(11)14-9(6)12/h2-3,6H,4-5H2,1H3/b3-2-. The molecule has 1 atom stereocenters. The van der Waals surface area contributed by atoms with Crippen LogP contribution in [0, 0.1) is 5.92 Å². The largest absolute Gasteiger partial charge is 0.462 e. The highest BCUT2D eigenvalue weighted by molar-refractivity contribution is 5.94. The van der Waals surface area contributed by atoms with Crippen LogP contribution in [0.5, 0.6) is 0 Å². The SMILES string of the molecule is C/C=C\C(=O)OCC1CC(=O)OC1=O. The van der Waals surface area contributed by atoms with Gasteiger partial charge in [0, 0.05) is 6.08 Å². The number of hydrogen-bond acceptors (Lipinski definition) is 5. The molecule has 0 N–H and O–H groups in total. The Morgan fingerprint density at radius 1 is 1.64 bits per heavy atom. The van der Waals surface area contributed by atoms with E-state index in [-0.39, 0.29) is 13.0 Å². The summed E-state index contributed by atoms with van der Waals surface area (Å²) in [6.45, 7) is 1.57. The van der Waals surface area contributed by atoms with E-state index in [4.69, 9.17) is 4.74 Å². The second kappa shape index (κ2) is 4.55. The van der Waals surface area contributed by atoms with Crippen LogP contribution in [-0.2, 0) is 23.9 Å². The number of ether oxygens (including phenoxy) is 2. The summed E-state index contributed by atoms with van der Waals surface area (Å²) in [5, 5.41) is 0. The van der Waals surface area contributed by atoms with Crippen LogP contribution in [-0.4, -0.2) is 24.5 Å². The van der Waals surface area contributed by atoms with E-state index < -0.39 is 23.8 Å². The molecule has 14 heavy (non-hydrogen) atoms. The lowest BCUT2D eigenvalue weighted by Crippen LogP contribution is -2.16. The van der Waals surface area contributed by atoms with Crippen LogP contribution in [0.2, 0.25) is 0 Å². The van der Waals surface area contributed by atoms with Crippen molar-refractivity contribution in [3.8, 4) is 0 Å². The molecule has 0 bridgehead atoms. The highest BCUT2D eigenvalue weighted by atomic mass is 16.6. The molecule has 0 spiro atoms. The zero-order chi connectivity index (χ0) is 10.6. The maximum atomic E-state index is 10.9. The second-order valence-corrected chi connectivity index (χ2v) is 2.82. The average Bonchev–Trinajstić information content (AvgIpc) is 2.42. The fourth-order valence-electron chi connectivity index (χ4n) is 1.02. The molecule has 1 fully saturated rings. The summed E-state index contributed by atoms with van der Waals surface area (Å²) in [6, 6.07) is 0. The molecule has 1 aliphatic heterocycles. The zero-order valence-electron chi connectivity index (χ0n) is 7.69. The van der Waals surface area contributed by atoms with Gasteiger partial charge in [-0.25, -0.2) is 4.79 Å². The molecule has 0 aromatic rings. The van der Waals surface area contributed by atoms with Gasteiger partial charge in [-0.2, -0.15) is 0 Å². The number of esters is 3. The minimum atomic E-state index is -0.642. The van der Waals surface area contributed by atoms with Crippen molar-refractivity contribution in [1.82, 2.24) is 0 Å². The predicted molar refractivity (Wildman–Crippen MR) is 45.0 cm³/mol. The Morgan fingerprint density at radius 2 is 2.36 bits per heavy atom. The molecule has 1 saturated heterocycles. The van der Waals surface area contributed by atoms with Gasteiger partial charge < -0.3 is 9.47 Å². The van der Waals surface area contributed by atoms with Crippen molar-refractivity contribution in [1.29, 1.82) is 0 Å². The minimum absolute atomic E-state index is 0.0120. The summed E-state index contributed by atoms with van der Waals surface area (Å²) in [5.41, 5.74) is 0. The molecule has 5 heteroatoms. The van der Waals surface area contributed by atoms with Crippen molar-refractivity contribution < 1.29 is 23.9 Å². The number of cyclic esters (lactones) is 2. The van der Waals surface area contributed by atoms with E-state index in [2.05, 4.69) is 4.74 Å². The number of carbonyl (C=O) groups excluding carboxylic acids is 3. The van der Waals surface area contributed by atoms with E-state index in [1.165, 1.54) is 12.2 Å². The van der Waals surface area contributed by atoms with Gasteiger partial charge in [0.2, 0.25) is 0 Å². The number of hydrogen-bond donors (Lipinski definition) is 0. The first-order valence-electron chi connectivity index (χ1n) is 4.17. The smallest absolute Gasteiger partial charge is 0.330 e. The molecular weight excluding hydrogens is 188 g/mol. The first kappa shape index (κ1) is 10.4. The van der Waals surface area contributed by atoms with Gasteiger partial charge in [-0.05, 0) is 6.92 Å². The van der Waals surface area contributed by atoms with Crippen LogP contribution in [0.4, 0.5) is 0 Å². The van der Waals surface area contributed by atoms with Crippen molar-refractivity contribution in [3.05, 3.63) is 12.2 Å². The quantitative estimate of drug-likeness (QED) is 0.368. The maximum absolute atomic E-state index is 10.9. The van der Waals surface area contributed by atoms with E-state index >= 15 is 0 Å². The summed E-state index contributed by atoms with van der Waals surface area (Å²) in [7, 11) is 0. The predicted octanol–water partition coefficient (Wildman–Crippen LogP) is 0.195. The summed E-state index contributed by atoms with van der Waals surface area (Å²) in [6.07, 6.45) is 2.75. The Kier molecular flexibility index (Phi) is 3.39. The van der Waals surface area contributed by atoms with Gasteiger partial charge >= 0.3 is 17.9 Å². The first-order valence-corrected chi connectivity index (χ1v) is 4.17. The van der Waals surface area contributed by atoms with E-state index in [0.29, 0.717) is 0 Å². The maximum Gasteiger partial charge on any atom is 0.330 e. The number of rotatable bonds is 3. The molecule has 0 amide bonds. The Bertz CT molecular complexity index is 292. The van der Waals surface area contributed by atoms with Gasteiger partial charge in [0.25, 0.3) is 0 Å². The zero-order valence-corrected chi connectivity index (χ0v) is 7.69. The third kappa shape index (κ3) is 2.69. The fourth-order valence-corrected chi connectivity index (χ4v) is 1.02. The second-order valence-electron chi connectivity index (χ2n) is 2.82. The van der Waals surface area contributed by atoms with Crippen LogP contribution in [0.1, 0.15) is 13.3 Å². The van der Waals surface area contributed by atoms with Crippen LogP contribution < -0.4 is 0 Å². The van der Waals surface area contributed by atoms with Gasteiger partial charge in [-0.15, -0.1) is 0 Å². The molecule has 1 unspecified atom stereocenters. The molecular formula is C9H10O5. The molecule has 0 radical (unpaired) electrons. The molecule has 5 nitrogen and oxygen atoms in total. The Hall–Kier alpha value is -1.65. The molecule has 1 aliphatic rings. The highest BCUT2D eigenvalue weighted by Gasteiger charge is 2.34. The molecule has 76 valence electrons. The van der Waals surface area contributed by atoms with Gasteiger partial charge in [0.05, 0.1) is 6.42 Å². The van der Waals surface area contributed by atoms with E-state index in [0.717, 1.165) is 0 Å². The summed E-state index contributed by atoms with van der Waals surface area (Å²) in [4.78, 5) is 32.4. The van der Waals surface area contributed by atoms with E-state index in [1.54, 1.807) is 6.92 Å².